The number of hydrogen-bond acceptors (Lipinski definition) is 3. The molecule has 0 radical (unpaired) electrons. The predicted octanol–water partition coefficient (Wildman–Crippen LogP) is 2.90. The van der Waals surface area contributed by atoms with Gasteiger partial charge in [0.15, 0.2) is 0 Å². The van der Waals surface area contributed by atoms with Crippen LogP contribution in [0.3, 0.4) is 0 Å². The van der Waals surface area contributed by atoms with Crippen molar-refractivity contribution in [2.24, 2.45) is 5.84 Å². The largest absolute Gasteiger partial charge is 0.271 e. The van der Waals surface area contributed by atoms with Gasteiger partial charge in [-0.15, -0.1) is 0 Å². The molecule has 21 heavy (non-hydrogen) atoms. The molecule has 2 atom stereocenters. The van der Waals surface area contributed by atoms with Gasteiger partial charge in [0, 0.05) is 23.4 Å². The zero-order valence-electron chi connectivity index (χ0n) is 11.7. The minimum atomic E-state index is -0.624. The smallest absolute Gasteiger partial charge is 0.133 e. The topological polar surface area (TPSA) is 50.9 Å². The van der Waals surface area contributed by atoms with Gasteiger partial charge in [-0.1, -0.05) is 12.1 Å². The Morgan fingerprint density at radius 2 is 2.14 bits per heavy atom. The summed E-state index contributed by atoms with van der Waals surface area (Å²) in [6, 6.07) is 5.97. The lowest BCUT2D eigenvalue weighted by Gasteiger charge is -2.24. The van der Waals surface area contributed by atoms with E-state index in [1.165, 1.54) is 12.1 Å². The van der Waals surface area contributed by atoms with Crippen LogP contribution >= 0.6 is 0 Å². The van der Waals surface area contributed by atoms with Crippen molar-refractivity contribution < 1.29 is 8.78 Å². The van der Waals surface area contributed by atoms with Gasteiger partial charge < -0.3 is 0 Å². The molecule has 0 amide bonds. The molecular formula is C16H17F2N3. The van der Waals surface area contributed by atoms with Crippen LogP contribution in [0, 0.1) is 18.6 Å². The molecule has 0 spiro atoms. The van der Waals surface area contributed by atoms with Gasteiger partial charge in [-0.25, -0.2) is 8.78 Å². The summed E-state index contributed by atoms with van der Waals surface area (Å²) in [5.74, 6) is 4.37. The SMILES string of the molecule is Cc1ccc(F)c(C(NN)C2CCc3cccnc32)c1F. The van der Waals surface area contributed by atoms with Gasteiger partial charge in [0.1, 0.15) is 11.6 Å². The number of fused-ring (bicyclic) bond motifs is 1. The maximum absolute atomic E-state index is 14.4. The molecule has 5 heteroatoms. The molecule has 0 bridgehead atoms. The van der Waals surface area contributed by atoms with Crippen molar-refractivity contribution in [1.82, 2.24) is 10.4 Å². The molecule has 1 aromatic heterocycles. The molecular weight excluding hydrogens is 272 g/mol. The Labute approximate surface area is 122 Å². The summed E-state index contributed by atoms with van der Waals surface area (Å²) >= 11 is 0. The third-order valence-electron chi connectivity index (χ3n) is 4.21. The van der Waals surface area contributed by atoms with Crippen LogP contribution in [-0.2, 0) is 6.42 Å². The molecule has 0 saturated carbocycles. The lowest BCUT2D eigenvalue weighted by molar-refractivity contribution is 0.407. The van der Waals surface area contributed by atoms with E-state index < -0.39 is 17.7 Å². The number of halogens is 2. The normalized spacial score (nSPS) is 18.6. The quantitative estimate of drug-likeness (QED) is 0.675. The number of hydrogen-bond donors (Lipinski definition) is 2. The van der Waals surface area contributed by atoms with Crippen molar-refractivity contribution in [1.29, 1.82) is 0 Å². The lowest BCUT2D eigenvalue weighted by Crippen LogP contribution is -2.33. The average Bonchev–Trinajstić information content (AvgIpc) is 2.91. The van der Waals surface area contributed by atoms with Crippen LogP contribution in [0.25, 0.3) is 0 Å². The zero-order valence-corrected chi connectivity index (χ0v) is 11.7. The summed E-state index contributed by atoms with van der Waals surface area (Å²) < 4.78 is 28.5. The minimum Gasteiger partial charge on any atom is -0.271 e. The molecule has 2 aromatic rings. The van der Waals surface area contributed by atoms with Crippen LogP contribution in [0.5, 0.6) is 0 Å². The van der Waals surface area contributed by atoms with Crippen molar-refractivity contribution >= 4 is 0 Å². The van der Waals surface area contributed by atoms with Crippen molar-refractivity contribution in [3.8, 4) is 0 Å². The lowest BCUT2D eigenvalue weighted by atomic mass is 9.89. The molecule has 3 nitrogen and oxygen atoms in total. The fraction of sp³-hybridized carbons (Fsp3) is 0.312. The van der Waals surface area contributed by atoms with Gasteiger partial charge >= 0.3 is 0 Å². The third-order valence-corrected chi connectivity index (χ3v) is 4.21. The maximum atomic E-state index is 14.4. The van der Waals surface area contributed by atoms with Gasteiger partial charge in [-0.2, -0.15) is 0 Å². The van der Waals surface area contributed by atoms with Crippen LogP contribution in [0.2, 0.25) is 0 Å². The van der Waals surface area contributed by atoms with E-state index in [0.717, 1.165) is 24.1 Å². The number of benzene rings is 1. The summed E-state index contributed by atoms with van der Waals surface area (Å²) in [5.41, 5.74) is 5.00. The summed E-state index contributed by atoms with van der Waals surface area (Å²) in [6.45, 7) is 1.62. The predicted molar refractivity (Wildman–Crippen MR) is 76.5 cm³/mol. The molecule has 110 valence electrons. The first-order chi connectivity index (χ1) is 10.1. The van der Waals surface area contributed by atoms with Crippen molar-refractivity contribution in [3.63, 3.8) is 0 Å². The number of nitrogens with zero attached hydrogens (tertiary/aromatic N) is 1. The molecule has 1 heterocycles. The first kappa shape index (κ1) is 14.1. The summed E-state index contributed by atoms with van der Waals surface area (Å²) in [6.07, 6.45) is 3.32. The fourth-order valence-electron chi connectivity index (χ4n) is 3.13. The van der Waals surface area contributed by atoms with E-state index in [9.17, 15) is 8.78 Å². The van der Waals surface area contributed by atoms with E-state index in [-0.39, 0.29) is 11.5 Å². The Morgan fingerprint density at radius 3 is 2.90 bits per heavy atom. The number of nitrogens with one attached hydrogen (secondary N) is 1. The highest BCUT2D eigenvalue weighted by Gasteiger charge is 2.34. The van der Waals surface area contributed by atoms with Crippen LogP contribution in [0.15, 0.2) is 30.5 Å². The Kier molecular flexibility index (Phi) is 3.69. The Hall–Kier alpha value is -1.85. The highest BCUT2D eigenvalue weighted by atomic mass is 19.1. The molecule has 3 rings (SSSR count). The van der Waals surface area contributed by atoms with Gasteiger partial charge in [-0.05, 0) is 43.0 Å². The number of hydrazine groups is 1. The Bertz CT molecular complexity index is 673. The van der Waals surface area contributed by atoms with Crippen LogP contribution in [0.4, 0.5) is 8.78 Å². The highest BCUT2D eigenvalue weighted by molar-refractivity contribution is 5.36. The molecule has 0 fully saturated rings. The van der Waals surface area contributed by atoms with Gasteiger partial charge in [0.25, 0.3) is 0 Å². The van der Waals surface area contributed by atoms with Crippen LogP contribution in [-0.4, -0.2) is 4.98 Å². The number of nitrogens with two attached hydrogens (primary N) is 1. The van der Waals surface area contributed by atoms with E-state index in [1.807, 2.05) is 12.1 Å². The van der Waals surface area contributed by atoms with E-state index >= 15 is 0 Å². The second-order valence-corrected chi connectivity index (χ2v) is 5.43. The first-order valence-corrected chi connectivity index (χ1v) is 6.98. The number of rotatable bonds is 3. The number of aryl methyl sites for hydroxylation is 2. The molecule has 2 unspecified atom stereocenters. The zero-order chi connectivity index (χ0) is 15.0. The van der Waals surface area contributed by atoms with Gasteiger partial charge in [0.2, 0.25) is 0 Å². The van der Waals surface area contributed by atoms with Gasteiger partial charge in [0.05, 0.1) is 6.04 Å². The second-order valence-electron chi connectivity index (χ2n) is 5.43. The van der Waals surface area contributed by atoms with Crippen molar-refractivity contribution in [2.45, 2.75) is 31.7 Å². The Balaban J connectivity index is 2.07. The molecule has 1 aromatic carbocycles. The van der Waals surface area contributed by atoms with Crippen LogP contribution < -0.4 is 11.3 Å². The fourth-order valence-corrected chi connectivity index (χ4v) is 3.13. The summed E-state index contributed by atoms with van der Waals surface area (Å²) in [5, 5.41) is 0. The van der Waals surface area contributed by atoms with Gasteiger partial charge in [-0.3, -0.25) is 16.3 Å². The molecule has 3 N–H and O–H groups in total. The summed E-state index contributed by atoms with van der Waals surface area (Å²) in [7, 11) is 0. The Morgan fingerprint density at radius 1 is 1.33 bits per heavy atom. The third kappa shape index (κ3) is 2.32. The maximum Gasteiger partial charge on any atom is 0.133 e. The average molecular weight is 289 g/mol. The molecule has 1 aliphatic carbocycles. The van der Waals surface area contributed by atoms with E-state index in [1.54, 1.807) is 13.1 Å². The molecule has 0 aliphatic heterocycles. The standard InChI is InChI=1S/C16H17F2N3/c1-9-4-7-12(17)13(14(9)18)16(21-19)11-6-5-10-3-2-8-20-15(10)11/h2-4,7-8,11,16,21H,5-6,19H2,1H3. The summed E-state index contributed by atoms with van der Waals surface area (Å²) in [4.78, 5) is 4.38. The van der Waals surface area contributed by atoms with Crippen molar-refractivity contribution in [3.05, 3.63) is 64.5 Å². The first-order valence-electron chi connectivity index (χ1n) is 6.98. The van der Waals surface area contributed by atoms with E-state index in [0.29, 0.717) is 5.56 Å². The number of pyridine rings is 1. The minimum absolute atomic E-state index is 0.000929. The monoisotopic (exact) mass is 289 g/mol. The second kappa shape index (κ2) is 5.50. The van der Waals surface area contributed by atoms with Crippen molar-refractivity contribution in [2.75, 3.05) is 0 Å². The molecule has 1 aliphatic rings. The molecule has 0 saturated heterocycles. The van der Waals surface area contributed by atoms with E-state index in [2.05, 4.69) is 10.4 Å². The highest BCUT2D eigenvalue weighted by Crippen LogP contribution is 2.41. The van der Waals surface area contributed by atoms with E-state index in [4.69, 9.17) is 5.84 Å². The number of aromatic nitrogens is 1. The van der Waals surface area contributed by atoms with Crippen LogP contribution in [0.1, 0.15) is 40.8 Å².